The van der Waals surface area contributed by atoms with E-state index in [0.29, 0.717) is 32.7 Å². The zero-order valence-corrected chi connectivity index (χ0v) is 12.0. The van der Waals surface area contributed by atoms with Crippen molar-refractivity contribution in [2.24, 2.45) is 0 Å². The Kier molecular flexibility index (Phi) is 5.68. The van der Waals surface area contributed by atoms with Gasteiger partial charge >= 0.3 is 0 Å². The number of nitro benzene ring substituents is 1. The second-order valence-electron chi connectivity index (χ2n) is 5.12. The highest BCUT2D eigenvalue weighted by molar-refractivity contribution is 5.76. The van der Waals surface area contributed by atoms with Crippen LogP contribution in [0, 0.1) is 10.1 Å². The van der Waals surface area contributed by atoms with Gasteiger partial charge in [-0.05, 0) is 24.8 Å². The molecule has 1 fully saturated rings. The lowest BCUT2D eigenvalue weighted by molar-refractivity contribution is -0.384. The summed E-state index contributed by atoms with van der Waals surface area (Å²) in [6.45, 7) is 2.66. The number of hydrogen-bond donors (Lipinski definition) is 0. The molecule has 0 unspecified atom stereocenters. The Labute approximate surface area is 123 Å². The average Bonchev–Trinajstić information content (AvgIpc) is 2.52. The SMILES string of the molecule is O=C(CCCCc1ccc([N+](=O)[O-])cc1)N1CCOCC1. The highest BCUT2D eigenvalue weighted by Gasteiger charge is 2.15. The molecule has 1 aliphatic rings. The van der Waals surface area contributed by atoms with Gasteiger partial charge in [0.25, 0.3) is 5.69 Å². The fourth-order valence-corrected chi connectivity index (χ4v) is 2.36. The summed E-state index contributed by atoms with van der Waals surface area (Å²) in [5, 5.41) is 10.6. The van der Waals surface area contributed by atoms with Gasteiger partial charge in [0.05, 0.1) is 18.1 Å². The lowest BCUT2D eigenvalue weighted by Gasteiger charge is -2.26. The minimum absolute atomic E-state index is 0.112. The number of non-ortho nitro benzene ring substituents is 1. The summed E-state index contributed by atoms with van der Waals surface area (Å²) in [5.74, 6) is 0.196. The van der Waals surface area contributed by atoms with Crippen molar-refractivity contribution in [3.05, 3.63) is 39.9 Å². The molecule has 0 N–H and O–H groups in total. The fourth-order valence-electron chi connectivity index (χ4n) is 2.36. The van der Waals surface area contributed by atoms with Crippen LogP contribution in [0.5, 0.6) is 0 Å². The largest absolute Gasteiger partial charge is 0.378 e. The zero-order chi connectivity index (χ0) is 15.1. The standard InChI is InChI=1S/C15H20N2O4/c18-15(16-9-11-21-12-10-16)4-2-1-3-13-5-7-14(8-6-13)17(19)20/h5-8H,1-4,9-12H2. The molecule has 0 atom stereocenters. The first-order valence-electron chi connectivity index (χ1n) is 7.25. The van der Waals surface area contributed by atoms with Crippen LogP contribution >= 0.6 is 0 Å². The van der Waals surface area contributed by atoms with E-state index in [9.17, 15) is 14.9 Å². The van der Waals surface area contributed by atoms with Crippen LogP contribution in [0.15, 0.2) is 24.3 Å². The summed E-state index contributed by atoms with van der Waals surface area (Å²) in [4.78, 5) is 23.9. The van der Waals surface area contributed by atoms with E-state index in [1.54, 1.807) is 12.1 Å². The third-order valence-corrected chi connectivity index (χ3v) is 3.62. The second kappa shape index (κ2) is 7.73. The van der Waals surface area contributed by atoms with Crippen molar-refractivity contribution in [2.45, 2.75) is 25.7 Å². The summed E-state index contributed by atoms with van der Waals surface area (Å²) in [7, 11) is 0. The number of carbonyl (C=O) groups is 1. The third kappa shape index (κ3) is 4.82. The van der Waals surface area contributed by atoms with E-state index in [-0.39, 0.29) is 11.6 Å². The minimum atomic E-state index is -0.398. The second-order valence-corrected chi connectivity index (χ2v) is 5.12. The van der Waals surface area contributed by atoms with Crippen LogP contribution < -0.4 is 0 Å². The average molecular weight is 292 g/mol. The number of nitro groups is 1. The maximum atomic E-state index is 11.9. The Hall–Kier alpha value is -1.95. The summed E-state index contributed by atoms with van der Waals surface area (Å²) >= 11 is 0. The number of carbonyl (C=O) groups excluding carboxylic acids is 1. The summed E-state index contributed by atoms with van der Waals surface area (Å²) < 4.78 is 5.22. The van der Waals surface area contributed by atoms with Crippen LogP contribution in [-0.2, 0) is 16.0 Å². The molecule has 2 rings (SSSR count). The fraction of sp³-hybridized carbons (Fsp3) is 0.533. The van der Waals surface area contributed by atoms with Crippen molar-refractivity contribution in [3.8, 4) is 0 Å². The molecule has 0 bridgehead atoms. The predicted molar refractivity (Wildman–Crippen MR) is 78.1 cm³/mol. The molecule has 1 heterocycles. The molecule has 0 spiro atoms. The van der Waals surface area contributed by atoms with Gasteiger partial charge in [-0.3, -0.25) is 14.9 Å². The monoisotopic (exact) mass is 292 g/mol. The first-order chi connectivity index (χ1) is 10.2. The van der Waals surface area contributed by atoms with Gasteiger partial charge in [-0.1, -0.05) is 12.1 Å². The topological polar surface area (TPSA) is 72.7 Å². The van der Waals surface area contributed by atoms with Gasteiger partial charge in [0.2, 0.25) is 5.91 Å². The lowest BCUT2D eigenvalue weighted by atomic mass is 10.1. The quantitative estimate of drug-likeness (QED) is 0.457. The van der Waals surface area contributed by atoms with Crippen LogP contribution in [0.2, 0.25) is 0 Å². The smallest absolute Gasteiger partial charge is 0.269 e. The number of rotatable bonds is 6. The molecule has 0 radical (unpaired) electrons. The molecular formula is C15H20N2O4. The molecule has 21 heavy (non-hydrogen) atoms. The number of morpholine rings is 1. The van der Waals surface area contributed by atoms with Gasteiger partial charge in [-0.25, -0.2) is 0 Å². The normalized spacial score (nSPS) is 15.0. The molecule has 1 amide bonds. The third-order valence-electron chi connectivity index (χ3n) is 3.62. The van der Waals surface area contributed by atoms with E-state index in [1.165, 1.54) is 12.1 Å². The van der Waals surface area contributed by atoms with Crippen molar-refractivity contribution in [1.29, 1.82) is 0 Å². The summed E-state index contributed by atoms with van der Waals surface area (Å²) in [6.07, 6.45) is 3.16. The maximum Gasteiger partial charge on any atom is 0.269 e. The molecule has 0 saturated carbocycles. The van der Waals surface area contributed by atoms with E-state index in [1.807, 2.05) is 4.90 Å². The number of benzene rings is 1. The molecule has 1 saturated heterocycles. The van der Waals surface area contributed by atoms with Gasteiger partial charge in [-0.15, -0.1) is 0 Å². The Bertz CT molecular complexity index is 481. The van der Waals surface area contributed by atoms with Crippen molar-refractivity contribution < 1.29 is 14.5 Å². The molecule has 114 valence electrons. The molecule has 1 aromatic carbocycles. The Balaban J connectivity index is 1.67. The number of nitrogens with zero attached hydrogens (tertiary/aromatic N) is 2. The first kappa shape index (κ1) is 15.4. The van der Waals surface area contributed by atoms with E-state index in [4.69, 9.17) is 4.74 Å². The van der Waals surface area contributed by atoms with Crippen LogP contribution in [0.1, 0.15) is 24.8 Å². The van der Waals surface area contributed by atoms with E-state index < -0.39 is 4.92 Å². The predicted octanol–water partition coefficient (Wildman–Crippen LogP) is 2.17. The van der Waals surface area contributed by atoms with E-state index >= 15 is 0 Å². The van der Waals surface area contributed by atoms with Crippen LogP contribution in [0.3, 0.4) is 0 Å². The van der Waals surface area contributed by atoms with Gasteiger partial charge in [0.1, 0.15) is 0 Å². The zero-order valence-electron chi connectivity index (χ0n) is 12.0. The molecular weight excluding hydrogens is 272 g/mol. The van der Waals surface area contributed by atoms with Crippen molar-refractivity contribution in [3.63, 3.8) is 0 Å². The van der Waals surface area contributed by atoms with E-state index in [2.05, 4.69) is 0 Å². The molecule has 1 aromatic rings. The number of aryl methyl sites for hydroxylation is 1. The number of hydrogen-bond acceptors (Lipinski definition) is 4. The van der Waals surface area contributed by atoms with Crippen molar-refractivity contribution in [2.75, 3.05) is 26.3 Å². The molecule has 6 nitrogen and oxygen atoms in total. The maximum absolute atomic E-state index is 11.9. The molecule has 1 aliphatic heterocycles. The molecule has 6 heteroatoms. The minimum Gasteiger partial charge on any atom is -0.378 e. The van der Waals surface area contributed by atoms with Crippen molar-refractivity contribution in [1.82, 2.24) is 4.90 Å². The first-order valence-corrected chi connectivity index (χ1v) is 7.25. The van der Waals surface area contributed by atoms with Gasteiger partial charge in [0.15, 0.2) is 0 Å². The highest BCUT2D eigenvalue weighted by Crippen LogP contribution is 2.14. The van der Waals surface area contributed by atoms with Gasteiger partial charge in [0, 0.05) is 31.6 Å². The molecule has 0 aliphatic carbocycles. The van der Waals surface area contributed by atoms with Crippen LogP contribution in [-0.4, -0.2) is 42.0 Å². The van der Waals surface area contributed by atoms with Gasteiger partial charge < -0.3 is 9.64 Å². The number of ether oxygens (including phenoxy) is 1. The Morgan fingerprint density at radius 1 is 1.19 bits per heavy atom. The number of amides is 1. The van der Waals surface area contributed by atoms with E-state index in [0.717, 1.165) is 24.8 Å². The van der Waals surface area contributed by atoms with Gasteiger partial charge in [-0.2, -0.15) is 0 Å². The summed E-state index contributed by atoms with van der Waals surface area (Å²) in [6, 6.07) is 6.60. The Morgan fingerprint density at radius 3 is 2.48 bits per heavy atom. The van der Waals surface area contributed by atoms with Crippen molar-refractivity contribution >= 4 is 11.6 Å². The van der Waals surface area contributed by atoms with Crippen LogP contribution in [0.4, 0.5) is 5.69 Å². The Morgan fingerprint density at radius 2 is 1.86 bits per heavy atom. The highest BCUT2D eigenvalue weighted by atomic mass is 16.6. The lowest BCUT2D eigenvalue weighted by Crippen LogP contribution is -2.40. The summed E-state index contributed by atoms with van der Waals surface area (Å²) in [5.41, 5.74) is 1.18. The van der Waals surface area contributed by atoms with Crippen LogP contribution in [0.25, 0.3) is 0 Å². The number of unbranched alkanes of at least 4 members (excludes halogenated alkanes) is 1. The molecule has 0 aromatic heterocycles.